The largest absolute Gasteiger partial charge is 0.478 e. The monoisotopic (exact) mass is 248 g/mol. The summed E-state index contributed by atoms with van der Waals surface area (Å²) in [7, 11) is 0. The summed E-state index contributed by atoms with van der Waals surface area (Å²) in [6.45, 7) is 6.40. The molecule has 5 nitrogen and oxygen atoms in total. The van der Waals surface area contributed by atoms with Crippen molar-refractivity contribution in [2.24, 2.45) is 11.7 Å². The normalized spacial score (nSPS) is 21.6. The molecular weight excluding hydrogens is 228 g/mol. The number of hydrogen-bond donors (Lipinski definition) is 1. The Balaban J connectivity index is 1.75. The smallest absolute Gasteiger partial charge is 0.221 e. The molecule has 98 valence electrons. The number of hydrogen-bond acceptors (Lipinski definition) is 5. The van der Waals surface area contributed by atoms with E-state index in [9.17, 15) is 0 Å². The first-order valence-electron chi connectivity index (χ1n) is 6.62. The summed E-state index contributed by atoms with van der Waals surface area (Å²) in [5.41, 5.74) is 7.39. The third-order valence-corrected chi connectivity index (χ3v) is 3.95. The van der Waals surface area contributed by atoms with Gasteiger partial charge in [0.1, 0.15) is 12.1 Å². The van der Waals surface area contributed by atoms with Gasteiger partial charge in [-0.05, 0) is 32.6 Å². The summed E-state index contributed by atoms with van der Waals surface area (Å²) in [4.78, 5) is 10.8. The predicted octanol–water partition coefficient (Wildman–Crippen LogP) is 1.11. The van der Waals surface area contributed by atoms with E-state index in [-0.39, 0.29) is 5.54 Å². The second-order valence-corrected chi connectivity index (χ2v) is 5.42. The van der Waals surface area contributed by atoms with E-state index >= 15 is 0 Å². The molecule has 0 amide bonds. The van der Waals surface area contributed by atoms with Crippen molar-refractivity contribution in [3.63, 3.8) is 0 Å². The highest BCUT2D eigenvalue weighted by molar-refractivity contribution is 5.54. The zero-order valence-electron chi connectivity index (χ0n) is 11.0. The highest BCUT2D eigenvalue weighted by atomic mass is 16.5. The van der Waals surface area contributed by atoms with E-state index in [4.69, 9.17) is 10.5 Å². The quantitative estimate of drug-likeness (QED) is 0.864. The zero-order chi connectivity index (χ0) is 12.8. The van der Waals surface area contributed by atoms with Crippen molar-refractivity contribution in [3.8, 4) is 5.88 Å². The maximum absolute atomic E-state index is 6.37. The van der Waals surface area contributed by atoms with Crippen LogP contribution in [0.15, 0.2) is 6.33 Å². The third-order valence-electron chi connectivity index (χ3n) is 3.95. The Morgan fingerprint density at radius 2 is 2.17 bits per heavy atom. The fraction of sp³-hybridized carbons (Fsp3) is 0.692. The molecule has 1 aliphatic heterocycles. The summed E-state index contributed by atoms with van der Waals surface area (Å²) in [5, 5.41) is 0. The van der Waals surface area contributed by atoms with Crippen molar-refractivity contribution in [2.75, 3.05) is 24.6 Å². The van der Waals surface area contributed by atoms with Crippen LogP contribution in [0.1, 0.15) is 25.3 Å². The van der Waals surface area contributed by atoms with Crippen molar-refractivity contribution in [1.82, 2.24) is 9.97 Å². The first-order valence-corrected chi connectivity index (χ1v) is 6.62. The molecular formula is C13H20N4O. The van der Waals surface area contributed by atoms with Gasteiger partial charge in [-0.15, -0.1) is 0 Å². The SMILES string of the molecule is CCOc1ncnc(N2CC(N)(C3CC3)C2)c1C. The molecule has 0 spiro atoms. The average molecular weight is 248 g/mol. The van der Waals surface area contributed by atoms with E-state index in [1.807, 2.05) is 13.8 Å². The highest BCUT2D eigenvalue weighted by Crippen LogP contribution is 2.44. The summed E-state index contributed by atoms with van der Waals surface area (Å²) in [6.07, 6.45) is 4.15. The maximum Gasteiger partial charge on any atom is 0.221 e. The lowest BCUT2D eigenvalue weighted by atomic mass is 9.85. The fourth-order valence-electron chi connectivity index (χ4n) is 2.76. The number of nitrogens with two attached hydrogens (primary N) is 1. The van der Waals surface area contributed by atoms with E-state index < -0.39 is 0 Å². The van der Waals surface area contributed by atoms with Gasteiger partial charge in [0.05, 0.1) is 17.7 Å². The van der Waals surface area contributed by atoms with Gasteiger partial charge in [0.25, 0.3) is 0 Å². The molecule has 3 rings (SSSR count). The van der Waals surface area contributed by atoms with E-state index in [1.165, 1.54) is 12.8 Å². The van der Waals surface area contributed by atoms with E-state index in [1.54, 1.807) is 6.33 Å². The molecule has 0 radical (unpaired) electrons. The average Bonchev–Trinajstić information content (AvgIpc) is 3.13. The van der Waals surface area contributed by atoms with Crippen LogP contribution in [0.3, 0.4) is 0 Å². The third kappa shape index (κ3) is 1.82. The molecule has 18 heavy (non-hydrogen) atoms. The molecule has 2 heterocycles. The second-order valence-electron chi connectivity index (χ2n) is 5.42. The zero-order valence-corrected chi connectivity index (χ0v) is 11.0. The summed E-state index contributed by atoms with van der Waals surface area (Å²) in [6, 6.07) is 0. The first kappa shape index (κ1) is 11.7. The molecule has 0 bridgehead atoms. The van der Waals surface area contributed by atoms with E-state index in [0.29, 0.717) is 12.5 Å². The van der Waals surface area contributed by atoms with Crippen LogP contribution in [0.25, 0.3) is 0 Å². The Hall–Kier alpha value is -1.36. The molecule has 0 atom stereocenters. The predicted molar refractivity (Wildman–Crippen MR) is 69.8 cm³/mol. The molecule has 1 aliphatic carbocycles. The minimum absolute atomic E-state index is 0.0170. The van der Waals surface area contributed by atoms with Gasteiger partial charge in [0.15, 0.2) is 0 Å². The molecule has 1 saturated carbocycles. The molecule has 2 N–H and O–H groups in total. The molecule has 0 unspecified atom stereocenters. The van der Waals surface area contributed by atoms with Gasteiger partial charge in [-0.25, -0.2) is 9.97 Å². The lowest BCUT2D eigenvalue weighted by Gasteiger charge is -2.49. The standard InChI is InChI=1S/C13H20N4O/c1-3-18-12-9(2)11(15-8-16-12)17-6-13(14,7-17)10-4-5-10/h8,10H,3-7,14H2,1-2H3. The van der Waals surface area contributed by atoms with Crippen LogP contribution in [-0.2, 0) is 0 Å². The fourth-order valence-corrected chi connectivity index (χ4v) is 2.76. The molecule has 5 heteroatoms. The Bertz CT molecular complexity index is 452. The number of anilines is 1. The van der Waals surface area contributed by atoms with Crippen LogP contribution in [-0.4, -0.2) is 35.2 Å². The Morgan fingerprint density at radius 1 is 1.44 bits per heavy atom. The first-order chi connectivity index (χ1) is 8.64. The highest BCUT2D eigenvalue weighted by Gasteiger charge is 2.51. The maximum atomic E-state index is 6.37. The van der Waals surface area contributed by atoms with Gasteiger partial charge < -0.3 is 15.4 Å². The van der Waals surface area contributed by atoms with Crippen LogP contribution in [0, 0.1) is 12.8 Å². The van der Waals surface area contributed by atoms with Gasteiger partial charge in [-0.3, -0.25) is 0 Å². The van der Waals surface area contributed by atoms with Gasteiger partial charge >= 0.3 is 0 Å². The van der Waals surface area contributed by atoms with Gasteiger partial charge in [-0.1, -0.05) is 0 Å². The minimum Gasteiger partial charge on any atom is -0.478 e. The van der Waals surface area contributed by atoms with Crippen LogP contribution >= 0.6 is 0 Å². The number of ether oxygens (including phenoxy) is 1. The minimum atomic E-state index is 0.0170. The summed E-state index contributed by atoms with van der Waals surface area (Å²) >= 11 is 0. The lowest BCUT2D eigenvalue weighted by molar-refractivity contribution is 0.286. The van der Waals surface area contributed by atoms with Crippen molar-refractivity contribution >= 4 is 5.82 Å². The van der Waals surface area contributed by atoms with Crippen molar-refractivity contribution in [3.05, 3.63) is 11.9 Å². The topological polar surface area (TPSA) is 64.3 Å². The molecule has 1 aromatic rings. The van der Waals surface area contributed by atoms with Gasteiger partial charge in [-0.2, -0.15) is 0 Å². The lowest BCUT2D eigenvalue weighted by Crippen LogP contribution is -2.69. The Morgan fingerprint density at radius 3 is 2.78 bits per heavy atom. The van der Waals surface area contributed by atoms with Crippen molar-refractivity contribution in [2.45, 2.75) is 32.2 Å². The summed E-state index contributed by atoms with van der Waals surface area (Å²) < 4.78 is 5.50. The number of rotatable bonds is 4. The molecule has 2 fully saturated rings. The van der Waals surface area contributed by atoms with Crippen molar-refractivity contribution in [1.29, 1.82) is 0 Å². The van der Waals surface area contributed by atoms with Gasteiger partial charge in [0, 0.05) is 13.1 Å². The Labute approximate surface area is 107 Å². The summed E-state index contributed by atoms with van der Waals surface area (Å²) in [5.74, 6) is 2.38. The van der Waals surface area contributed by atoms with Gasteiger partial charge in [0.2, 0.25) is 5.88 Å². The van der Waals surface area contributed by atoms with Crippen LogP contribution < -0.4 is 15.4 Å². The number of nitrogens with zero attached hydrogens (tertiary/aromatic N) is 3. The molecule has 0 aromatic carbocycles. The molecule has 1 aromatic heterocycles. The number of aromatic nitrogens is 2. The van der Waals surface area contributed by atoms with E-state index in [0.717, 1.165) is 30.4 Å². The van der Waals surface area contributed by atoms with E-state index in [2.05, 4.69) is 14.9 Å². The molecule has 2 aliphatic rings. The Kier molecular flexibility index (Phi) is 2.66. The van der Waals surface area contributed by atoms with Crippen LogP contribution in [0.5, 0.6) is 5.88 Å². The second kappa shape index (κ2) is 4.09. The molecule has 1 saturated heterocycles. The van der Waals surface area contributed by atoms with Crippen molar-refractivity contribution < 1.29 is 4.74 Å². The van der Waals surface area contributed by atoms with Crippen LogP contribution in [0.2, 0.25) is 0 Å². The van der Waals surface area contributed by atoms with Crippen LogP contribution in [0.4, 0.5) is 5.82 Å².